The van der Waals surface area contributed by atoms with Crippen molar-refractivity contribution >= 4 is 19.9 Å². The van der Waals surface area contributed by atoms with Gasteiger partial charge in [0.1, 0.15) is 0 Å². The first kappa shape index (κ1) is 16.4. The van der Waals surface area contributed by atoms with E-state index >= 15 is 0 Å². The maximum absolute atomic E-state index is 12.0. The van der Waals surface area contributed by atoms with Gasteiger partial charge in [0, 0.05) is 4.92 Å². The van der Waals surface area contributed by atoms with Crippen LogP contribution in [0.15, 0.2) is 11.6 Å². The van der Waals surface area contributed by atoms with Gasteiger partial charge in [-0.2, -0.15) is 0 Å². The average Bonchev–Trinajstić information content (AvgIpc) is 2.83. The van der Waals surface area contributed by atoms with Gasteiger partial charge < -0.3 is 0 Å². The third-order valence-corrected chi connectivity index (χ3v) is 8.93. The standard InChI is InChI=1S/C19H26NO3P/c1-18-8-7-15-13(14(18)5-6-17(18)24)4-3-11-9-12(21)10-16(20(22)23)19(11,15)2/h9,13-16,24H,3-8,10H2,1-2H3. The van der Waals surface area contributed by atoms with Crippen LogP contribution < -0.4 is 0 Å². The second-order valence-corrected chi connectivity index (χ2v) is 9.42. The van der Waals surface area contributed by atoms with E-state index in [2.05, 4.69) is 22.7 Å². The molecule has 6 atom stereocenters. The Morgan fingerprint density at radius 2 is 1.96 bits per heavy atom. The summed E-state index contributed by atoms with van der Waals surface area (Å²) >= 11 is 0. The molecular weight excluding hydrogens is 321 g/mol. The van der Waals surface area contributed by atoms with Gasteiger partial charge in [-0.25, -0.2) is 0 Å². The number of hydrogen-bond acceptors (Lipinski definition) is 3. The molecule has 6 unspecified atom stereocenters. The predicted octanol–water partition coefficient (Wildman–Crippen LogP) is 4.09. The fourth-order valence-corrected chi connectivity index (χ4v) is 7.17. The predicted molar refractivity (Wildman–Crippen MR) is 96.2 cm³/mol. The minimum Gasteiger partial charge on any atom is -0.295 e. The molecular formula is C19H26NO3P. The molecule has 0 spiro atoms. The zero-order chi connectivity index (χ0) is 17.3. The van der Waals surface area contributed by atoms with Gasteiger partial charge in [0.25, 0.3) is 0 Å². The van der Waals surface area contributed by atoms with E-state index < -0.39 is 11.5 Å². The second kappa shape index (κ2) is 5.24. The summed E-state index contributed by atoms with van der Waals surface area (Å²) in [7, 11) is 3.89. The Balaban J connectivity index is 1.76. The molecule has 130 valence electrons. The number of carbonyl (C=O) groups is 1. The summed E-state index contributed by atoms with van der Waals surface area (Å²) in [5.41, 5.74) is 0.881. The molecule has 0 aromatic heterocycles. The molecule has 3 saturated carbocycles. The summed E-state index contributed by atoms with van der Waals surface area (Å²) in [6.45, 7) is 4.47. The molecule has 0 aliphatic heterocycles. The molecule has 3 fully saturated rings. The number of carbonyl (C=O) groups excluding carboxylic acids is 1. The molecule has 4 rings (SSSR count). The fourth-order valence-electron chi connectivity index (χ4n) is 6.72. The van der Waals surface area contributed by atoms with Crippen molar-refractivity contribution in [2.24, 2.45) is 28.6 Å². The molecule has 4 aliphatic rings. The summed E-state index contributed by atoms with van der Waals surface area (Å²) in [4.78, 5) is 23.6. The van der Waals surface area contributed by atoms with E-state index in [0.29, 0.717) is 17.8 Å². The Labute approximate surface area is 145 Å². The van der Waals surface area contributed by atoms with Crippen LogP contribution in [0.4, 0.5) is 0 Å². The molecule has 0 amide bonds. The van der Waals surface area contributed by atoms with E-state index in [1.54, 1.807) is 6.08 Å². The highest BCUT2D eigenvalue weighted by atomic mass is 31.0. The molecule has 0 N–H and O–H groups in total. The van der Waals surface area contributed by atoms with Crippen LogP contribution in [0.2, 0.25) is 0 Å². The summed E-state index contributed by atoms with van der Waals surface area (Å²) < 4.78 is 0. The van der Waals surface area contributed by atoms with E-state index in [1.165, 1.54) is 11.7 Å². The van der Waals surface area contributed by atoms with Gasteiger partial charge in [0.05, 0.1) is 11.8 Å². The number of ketones is 1. The lowest BCUT2D eigenvalue weighted by Gasteiger charge is -2.57. The third-order valence-electron chi connectivity index (χ3n) is 8.11. The zero-order valence-corrected chi connectivity index (χ0v) is 15.5. The molecule has 4 aliphatic carbocycles. The highest BCUT2D eigenvalue weighted by Crippen LogP contribution is 2.64. The van der Waals surface area contributed by atoms with Crippen molar-refractivity contribution in [2.75, 3.05) is 0 Å². The van der Waals surface area contributed by atoms with Crippen molar-refractivity contribution in [1.82, 2.24) is 0 Å². The van der Waals surface area contributed by atoms with Crippen LogP contribution in [-0.2, 0) is 4.79 Å². The van der Waals surface area contributed by atoms with Crippen LogP contribution in [0.3, 0.4) is 0 Å². The van der Waals surface area contributed by atoms with Crippen molar-refractivity contribution in [1.29, 1.82) is 0 Å². The van der Waals surface area contributed by atoms with Crippen LogP contribution >= 0.6 is 8.86 Å². The van der Waals surface area contributed by atoms with Crippen molar-refractivity contribution in [3.8, 4) is 0 Å². The van der Waals surface area contributed by atoms with E-state index in [4.69, 9.17) is 0 Å². The topological polar surface area (TPSA) is 60.2 Å². The molecule has 0 bridgehead atoms. The molecule has 0 radical (unpaired) electrons. The number of nitro groups is 1. The lowest BCUT2D eigenvalue weighted by Crippen LogP contribution is -2.57. The molecule has 0 heterocycles. The molecule has 5 heteroatoms. The molecule has 4 nitrogen and oxygen atoms in total. The van der Waals surface area contributed by atoms with E-state index in [-0.39, 0.29) is 22.5 Å². The summed E-state index contributed by atoms with van der Waals surface area (Å²) in [6, 6.07) is -0.740. The highest BCUT2D eigenvalue weighted by molar-refractivity contribution is 7.21. The minimum atomic E-state index is -0.740. The first-order valence-electron chi connectivity index (χ1n) is 9.23. The zero-order valence-electron chi connectivity index (χ0n) is 14.5. The first-order chi connectivity index (χ1) is 11.3. The third kappa shape index (κ3) is 1.98. The van der Waals surface area contributed by atoms with Crippen molar-refractivity contribution in [2.45, 2.75) is 64.8 Å². The average molecular weight is 347 g/mol. The Morgan fingerprint density at radius 3 is 2.67 bits per heavy atom. The maximum Gasteiger partial charge on any atom is 0.229 e. The number of fused-ring (bicyclic) bond motifs is 5. The van der Waals surface area contributed by atoms with E-state index in [0.717, 1.165) is 37.7 Å². The van der Waals surface area contributed by atoms with Crippen LogP contribution in [0.25, 0.3) is 0 Å². The monoisotopic (exact) mass is 347 g/mol. The SMILES string of the molecule is CC12CCC3C(CCC4=CC(=O)CC([N+](=O)[O-])C43C)C1CCC2=P. The fraction of sp³-hybridized carbons (Fsp3) is 0.789. The number of rotatable bonds is 1. The van der Waals surface area contributed by atoms with Crippen molar-refractivity contribution in [3.63, 3.8) is 0 Å². The number of nitrogens with zero attached hydrogens (tertiary/aromatic N) is 1. The van der Waals surface area contributed by atoms with Gasteiger partial charge in [-0.05, 0) is 80.0 Å². The van der Waals surface area contributed by atoms with Gasteiger partial charge in [-0.3, -0.25) is 14.9 Å². The Morgan fingerprint density at radius 1 is 1.21 bits per heavy atom. The first-order valence-corrected chi connectivity index (χ1v) is 9.73. The normalized spacial score (nSPS) is 47.5. The summed E-state index contributed by atoms with van der Waals surface area (Å²) in [5.74, 6) is 1.47. The van der Waals surface area contributed by atoms with Gasteiger partial charge in [-0.15, -0.1) is 8.86 Å². The second-order valence-electron chi connectivity index (χ2n) is 8.81. The maximum atomic E-state index is 12.0. The van der Waals surface area contributed by atoms with Crippen LogP contribution in [-0.4, -0.2) is 22.0 Å². The van der Waals surface area contributed by atoms with Crippen molar-refractivity contribution in [3.05, 3.63) is 21.8 Å². The Hall–Kier alpha value is -1.02. The smallest absolute Gasteiger partial charge is 0.229 e. The molecule has 0 saturated heterocycles. The largest absolute Gasteiger partial charge is 0.295 e. The van der Waals surface area contributed by atoms with Crippen molar-refractivity contribution < 1.29 is 9.72 Å². The van der Waals surface area contributed by atoms with Gasteiger partial charge in [0.15, 0.2) is 5.78 Å². The lowest BCUT2D eigenvalue weighted by atomic mass is 9.46. The van der Waals surface area contributed by atoms with Gasteiger partial charge in [-0.1, -0.05) is 12.5 Å². The quantitative estimate of drug-likeness (QED) is 0.408. The summed E-state index contributed by atoms with van der Waals surface area (Å²) in [5, 5.41) is 13.2. The lowest BCUT2D eigenvalue weighted by molar-refractivity contribution is -0.542. The van der Waals surface area contributed by atoms with Gasteiger partial charge in [0.2, 0.25) is 6.04 Å². The summed E-state index contributed by atoms with van der Waals surface area (Å²) in [6.07, 6.45) is 8.26. The highest BCUT2D eigenvalue weighted by Gasteiger charge is 2.62. The molecule has 0 aromatic rings. The van der Waals surface area contributed by atoms with Crippen LogP contribution in [0.1, 0.15) is 58.8 Å². The molecule has 0 aromatic carbocycles. The van der Waals surface area contributed by atoms with Gasteiger partial charge >= 0.3 is 0 Å². The van der Waals surface area contributed by atoms with E-state index in [9.17, 15) is 14.9 Å². The number of hydrogen-bond donors (Lipinski definition) is 0. The van der Waals surface area contributed by atoms with Crippen LogP contribution in [0, 0.1) is 38.7 Å². The van der Waals surface area contributed by atoms with E-state index in [1.807, 2.05) is 0 Å². The Bertz CT molecular complexity index is 672. The molecule has 24 heavy (non-hydrogen) atoms. The Kier molecular flexibility index (Phi) is 3.59. The van der Waals surface area contributed by atoms with Crippen LogP contribution in [0.5, 0.6) is 0 Å². The minimum absolute atomic E-state index is 0.0556.